The predicted octanol–water partition coefficient (Wildman–Crippen LogP) is 1.75. The number of rotatable bonds is 6. The van der Waals surface area contributed by atoms with Gasteiger partial charge in [-0.25, -0.2) is 4.98 Å². The maximum absolute atomic E-state index is 4.25. The van der Waals surface area contributed by atoms with Crippen molar-refractivity contribution in [3.8, 4) is 0 Å². The maximum atomic E-state index is 4.25. The summed E-state index contributed by atoms with van der Waals surface area (Å²) in [6.07, 6.45) is 2.62. The van der Waals surface area contributed by atoms with Crippen molar-refractivity contribution < 1.29 is 0 Å². The van der Waals surface area contributed by atoms with E-state index in [9.17, 15) is 0 Å². The number of benzene rings is 1. The van der Waals surface area contributed by atoms with Crippen molar-refractivity contribution in [2.45, 2.75) is 19.3 Å². The first-order chi connectivity index (χ1) is 8.75. The molecule has 0 aliphatic rings. The molecule has 1 aromatic carbocycles. The van der Waals surface area contributed by atoms with Crippen LogP contribution in [0.4, 0.5) is 0 Å². The van der Waals surface area contributed by atoms with E-state index in [2.05, 4.69) is 52.7 Å². The monoisotopic (exact) mass is 244 g/mol. The second-order valence-corrected chi connectivity index (χ2v) is 4.60. The Morgan fingerprint density at radius 2 is 2.06 bits per heavy atom. The number of nitrogens with one attached hydrogen (secondary N) is 1. The molecule has 1 N–H and O–H groups in total. The van der Waals surface area contributed by atoms with Crippen LogP contribution in [-0.2, 0) is 13.5 Å². The fourth-order valence-electron chi connectivity index (χ4n) is 1.92. The number of aryl methyl sites for hydroxylation is 1. The van der Waals surface area contributed by atoms with Crippen LogP contribution in [0.1, 0.15) is 24.2 Å². The van der Waals surface area contributed by atoms with E-state index in [1.54, 1.807) is 11.0 Å². The Hall–Kier alpha value is -1.68. The van der Waals surface area contributed by atoms with Gasteiger partial charge in [-0.2, -0.15) is 5.10 Å². The van der Waals surface area contributed by atoms with Gasteiger partial charge in [0.2, 0.25) is 0 Å². The number of nitrogens with zero attached hydrogens (tertiary/aromatic N) is 3. The van der Waals surface area contributed by atoms with Crippen LogP contribution in [0.25, 0.3) is 0 Å². The van der Waals surface area contributed by atoms with Gasteiger partial charge in [0.15, 0.2) is 5.82 Å². The summed E-state index contributed by atoms with van der Waals surface area (Å²) in [5, 5.41) is 7.70. The van der Waals surface area contributed by atoms with E-state index in [-0.39, 0.29) is 0 Å². The molecule has 0 radical (unpaired) electrons. The van der Waals surface area contributed by atoms with E-state index in [0.29, 0.717) is 5.92 Å². The van der Waals surface area contributed by atoms with Crippen molar-refractivity contribution in [3.63, 3.8) is 0 Å². The molecule has 1 heterocycles. The van der Waals surface area contributed by atoms with Gasteiger partial charge in [-0.3, -0.25) is 4.68 Å². The van der Waals surface area contributed by atoms with Crippen LogP contribution < -0.4 is 5.32 Å². The number of aromatic nitrogens is 3. The average Bonchev–Trinajstić information content (AvgIpc) is 2.81. The topological polar surface area (TPSA) is 42.7 Å². The van der Waals surface area contributed by atoms with E-state index in [0.717, 1.165) is 25.3 Å². The normalized spacial score (nSPS) is 12.6. The van der Waals surface area contributed by atoms with Crippen molar-refractivity contribution in [2.75, 3.05) is 13.1 Å². The minimum absolute atomic E-state index is 0.530. The molecule has 0 bridgehead atoms. The van der Waals surface area contributed by atoms with Crippen molar-refractivity contribution in [3.05, 3.63) is 48.0 Å². The minimum Gasteiger partial charge on any atom is -0.316 e. The van der Waals surface area contributed by atoms with E-state index >= 15 is 0 Å². The third kappa shape index (κ3) is 3.67. The van der Waals surface area contributed by atoms with E-state index < -0.39 is 0 Å². The molecule has 0 amide bonds. The van der Waals surface area contributed by atoms with Crippen molar-refractivity contribution in [2.24, 2.45) is 7.05 Å². The van der Waals surface area contributed by atoms with Gasteiger partial charge in [0.05, 0.1) is 0 Å². The third-order valence-corrected chi connectivity index (χ3v) is 2.99. The summed E-state index contributed by atoms with van der Waals surface area (Å²) in [5.74, 6) is 1.43. The molecule has 1 aromatic heterocycles. The second-order valence-electron chi connectivity index (χ2n) is 4.60. The zero-order valence-electron chi connectivity index (χ0n) is 11.0. The van der Waals surface area contributed by atoms with Crippen molar-refractivity contribution in [1.29, 1.82) is 0 Å². The molecule has 0 fully saturated rings. The molecular formula is C14H20N4. The van der Waals surface area contributed by atoms with Gasteiger partial charge in [-0.1, -0.05) is 37.3 Å². The largest absolute Gasteiger partial charge is 0.316 e. The van der Waals surface area contributed by atoms with Gasteiger partial charge in [0.25, 0.3) is 0 Å². The number of hydrogen-bond donors (Lipinski definition) is 1. The fraction of sp³-hybridized carbons (Fsp3) is 0.429. The van der Waals surface area contributed by atoms with Crippen LogP contribution in [0.3, 0.4) is 0 Å². The van der Waals surface area contributed by atoms with Gasteiger partial charge in [-0.05, 0) is 11.5 Å². The summed E-state index contributed by atoms with van der Waals surface area (Å²) in [7, 11) is 1.89. The molecule has 0 spiro atoms. The Morgan fingerprint density at radius 3 is 2.72 bits per heavy atom. The summed E-state index contributed by atoms with van der Waals surface area (Å²) in [4.78, 5) is 4.20. The highest BCUT2D eigenvalue weighted by Gasteiger charge is 2.04. The molecule has 1 unspecified atom stereocenters. The van der Waals surface area contributed by atoms with Crippen LogP contribution in [0.5, 0.6) is 0 Å². The quantitative estimate of drug-likeness (QED) is 0.787. The molecule has 96 valence electrons. The van der Waals surface area contributed by atoms with Crippen LogP contribution in [0.15, 0.2) is 36.7 Å². The lowest BCUT2D eigenvalue weighted by Gasteiger charge is -2.12. The summed E-state index contributed by atoms with van der Waals surface area (Å²) >= 11 is 0. The lowest BCUT2D eigenvalue weighted by atomic mass is 10.0. The molecule has 1 atom stereocenters. The molecular weight excluding hydrogens is 224 g/mol. The van der Waals surface area contributed by atoms with Crippen molar-refractivity contribution >= 4 is 0 Å². The van der Waals surface area contributed by atoms with Crippen LogP contribution in [0, 0.1) is 0 Å². The second kappa shape index (κ2) is 6.31. The highest BCUT2D eigenvalue weighted by Crippen LogP contribution is 2.12. The Bertz CT molecular complexity index is 464. The minimum atomic E-state index is 0.530. The van der Waals surface area contributed by atoms with Crippen LogP contribution in [0.2, 0.25) is 0 Å². The zero-order chi connectivity index (χ0) is 12.8. The molecule has 0 aliphatic heterocycles. The molecule has 18 heavy (non-hydrogen) atoms. The fourth-order valence-corrected chi connectivity index (χ4v) is 1.92. The Morgan fingerprint density at radius 1 is 1.28 bits per heavy atom. The van der Waals surface area contributed by atoms with Gasteiger partial charge in [0.1, 0.15) is 6.33 Å². The first-order valence-electron chi connectivity index (χ1n) is 6.36. The zero-order valence-corrected chi connectivity index (χ0v) is 11.0. The maximum Gasteiger partial charge on any atom is 0.151 e. The molecule has 4 nitrogen and oxygen atoms in total. The lowest BCUT2D eigenvalue weighted by molar-refractivity contribution is 0.605. The molecule has 0 aliphatic carbocycles. The standard InChI is InChI=1S/C14H20N4/c1-12(13-6-4-3-5-7-13)10-15-9-8-14-16-11-18(2)17-14/h3-7,11-12,15H,8-10H2,1-2H3. The SMILES string of the molecule is CC(CNCCc1ncn(C)n1)c1ccccc1. The molecule has 0 saturated heterocycles. The van der Waals surface area contributed by atoms with E-state index in [4.69, 9.17) is 0 Å². The molecule has 0 saturated carbocycles. The van der Waals surface area contributed by atoms with Gasteiger partial charge in [0, 0.05) is 26.6 Å². The van der Waals surface area contributed by atoms with E-state index in [1.165, 1.54) is 5.56 Å². The molecule has 2 rings (SSSR count). The summed E-state index contributed by atoms with van der Waals surface area (Å²) in [6, 6.07) is 10.6. The van der Waals surface area contributed by atoms with Crippen LogP contribution >= 0.6 is 0 Å². The predicted molar refractivity (Wildman–Crippen MR) is 72.4 cm³/mol. The van der Waals surface area contributed by atoms with E-state index in [1.807, 2.05) is 7.05 Å². The highest BCUT2D eigenvalue weighted by atomic mass is 15.3. The first kappa shape index (κ1) is 12.8. The Balaban J connectivity index is 1.69. The summed E-state index contributed by atoms with van der Waals surface area (Å²) in [6.45, 7) is 4.14. The van der Waals surface area contributed by atoms with Gasteiger partial charge in [-0.15, -0.1) is 0 Å². The first-order valence-corrected chi connectivity index (χ1v) is 6.36. The molecule has 2 aromatic rings. The van der Waals surface area contributed by atoms with Crippen molar-refractivity contribution in [1.82, 2.24) is 20.1 Å². The van der Waals surface area contributed by atoms with Gasteiger partial charge >= 0.3 is 0 Å². The lowest BCUT2D eigenvalue weighted by Crippen LogP contribution is -2.23. The Labute approximate surface area is 108 Å². The van der Waals surface area contributed by atoms with Gasteiger partial charge < -0.3 is 5.32 Å². The van der Waals surface area contributed by atoms with Crippen LogP contribution in [-0.4, -0.2) is 27.9 Å². The number of hydrogen-bond acceptors (Lipinski definition) is 3. The highest BCUT2D eigenvalue weighted by molar-refractivity contribution is 5.18. The molecule has 4 heteroatoms. The average molecular weight is 244 g/mol. The smallest absolute Gasteiger partial charge is 0.151 e. The summed E-state index contributed by atoms with van der Waals surface area (Å²) < 4.78 is 1.74. The Kier molecular flexibility index (Phi) is 4.47. The summed E-state index contributed by atoms with van der Waals surface area (Å²) in [5.41, 5.74) is 1.38. The third-order valence-electron chi connectivity index (χ3n) is 2.99.